The van der Waals surface area contributed by atoms with Crippen LogP contribution in [0, 0.1) is 11.7 Å². The fourth-order valence-electron chi connectivity index (χ4n) is 1.87. The molecule has 1 aromatic rings. The standard InChI is InChI=1S/C13H15FO2/c14-10-3-4-12(16-8-9-1-2-9)11(7-10)13(15)5-6-13/h3-4,7,9,15H,1-2,5-6,8H2. The number of halogens is 1. The molecule has 0 amide bonds. The first kappa shape index (κ1) is 10.1. The van der Waals surface area contributed by atoms with Gasteiger partial charge in [0.1, 0.15) is 11.6 Å². The van der Waals surface area contributed by atoms with Gasteiger partial charge in [0.2, 0.25) is 0 Å². The van der Waals surface area contributed by atoms with Crippen LogP contribution in [0.3, 0.4) is 0 Å². The van der Waals surface area contributed by atoms with Gasteiger partial charge in [-0.05, 0) is 49.8 Å². The lowest BCUT2D eigenvalue weighted by molar-refractivity contribution is 0.144. The lowest BCUT2D eigenvalue weighted by atomic mass is 10.1. The molecule has 16 heavy (non-hydrogen) atoms. The molecule has 0 bridgehead atoms. The van der Waals surface area contributed by atoms with E-state index in [2.05, 4.69) is 0 Å². The van der Waals surface area contributed by atoms with Gasteiger partial charge in [-0.15, -0.1) is 0 Å². The molecule has 2 saturated carbocycles. The van der Waals surface area contributed by atoms with Crippen LogP contribution in [-0.4, -0.2) is 11.7 Å². The van der Waals surface area contributed by atoms with E-state index in [1.54, 1.807) is 6.07 Å². The summed E-state index contributed by atoms with van der Waals surface area (Å²) >= 11 is 0. The number of hydrogen-bond donors (Lipinski definition) is 1. The summed E-state index contributed by atoms with van der Waals surface area (Å²) in [7, 11) is 0. The Morgan fingerprint density at radius 3 is 2.75 bits per heavy atom. The molecule has 3 heteroatoms. The zero-order valence-electron chi connectivity index (χ0n) is 9.08. The molecule has 2 aliphatic rings. The molecule has 0 aromatic heterocycles. The topological polar surface area (TPSA) is 29.5 Å². The number of aliphatic hydroxyl groups is 1. The summed E-state index contributed by atoms with van der Waals surface area (Å²) in [5, 5.41) is 10.0. The first-order chi connectivity index (χ1) is 7.67. The van der Waals surface area contributed by atoms with Gasteiger partial charge in [-0.3, -0.25) is 0 Å². The van der Waals surface area contributed by atoms with E-state index in [1.807, 2.05) is 0 Å². The van der Waals surface area contributed by atoms with Gasteiger partial charge >= 0.3 is 0 Å². The Morgan fingerprint density at radius 2 is 2.12 bits per heavy atom. The summed E-state index contributed by atoms with van der Waals surface area (Å²) in [6.45, 7) is 0.689. The van der Waals surface area contributed by atoms with Crippen LogP contribution in [0.25, 0.3) is 0 Å². The molecule has 0 spiro atoms. The van der Waals surface area contributed by atoms with Crippen molar-refractivity contribution in [1.82, 2.24) is 0 Å². The molecule has 86 valence electrons. The van der Waals surface area contributed by atoms with E-state index in [1.165, 1.54) is 25.0 Å². The third-order valence-electron chi connectivity index (χ3n) is 3.34. The molecule has 0 unspecified atom stereocenters. The lowest BCUT2D eigenvalue weighted by Crippen LogP contribution is -2.10. The van der Waals surface area contributed by atoms with E-state index in [9.17, 15) is 9.50 Å². The number of ether oxygens (including phenoxy) is 1. The number of benzene rings is 1. The van der Waals surface area contributed by atoms with Crippen LogP contribution >= 0.6 is 0 Å². The van der Waals surface area contributed by atoms with E-state index in [0.29, 0.717) is 36.7 Å². The van der Waals surface area contributed by atoms with Gasteiger partial charge in [-0.2, -0.15) is 0 Å². The first-order valence-electron chi connectivity index (χ1n) is 5.83. The van der Waals surface area contributed by atoms with Crippen LogP contribution in [0.1, 0.15) is 31.2 Å². The predicted octanol–water partition coefficient (Wildman–Crippen LogP) is 2.60. The lowest BCUT2D eigenvalue weighted by Gasteiger charge is -2.15. The quantitative estimate of drug-likeness (QED) is 0.848. The summed E-state index contributed by atoms with van der Waals surface area (Å²) < 4.78 is 18.8. The highest BCUT2D eigenvalue weighted by molar-refractivity contribution is 5.41. The largest absolute Gasteiger partial charge is 0.493 e. The summed E-state index contributed by atoms with van der Waals surface area (Å²) in [4.78, 5) is 0. The highest BCUT2D eigenvalue weighted by Gasteiger charge is 2.44. The second-order valence-corrected chi connectivity index (χ2v) is 4.93. The summed E-state index contributed by atoms with van der Waals surface area (Å²) in [6.07, 6.45) is 3.86. The zero-order valence-corrected chi connectivity index (χ0v) is 9.08. The normalized spacial score (nSPS) is 21.9. The molecule has 0 radical (unpaired) electrons. The van der Waals surface area contributed by atoms with Crippen LogP contribution in [0.5, 0.6) is 5.75 Å². The Morgan fingerprint density at radius 1 is 1.38 bits per heavy atom. The Kier molecular flexibility index (Phi) is 2.18. The molecule has 0 aliphatic heterocycles. The maximum atomic E-state index is 13.1. The average Bonchev–Trinajstić information content (AvgIpc) is 3.13. The SMILES string of the molecule is OC1(c2cc(F)ccc2OCC2CC2)CC1. The minimum atomic E-state index is -0.832. The number of hydrogen-bond acceptors (Lipinski definition) is 2. The third-order valence-corrected chi connectivity index (χ3v) is 3.34. The Hall–Kier alpha value is -1.09. The van der Waals surface area contributed by atoms with E-state index in [0.717, 1.165) is 0 Å². The van der Waals surface area contributed by atoms with Crippen LogP contribution < -0.4 is 4.74 Å². The molecule has 1 aromatic carbocycles. The van der Waals surface area contributed by atoms with Crippen LogP contribution in [0.2, 0.25) is 0 Å². The van der Waals surface area contributed by atoms with Crippen molar-refractivity contribution in [3.05, 3.63) is 29.6 Å². The van der Waals surface area contributed by atoms with Crippen molar-refractivity contribution in [3.63, 3.8) is 0 Å². The van der Waals surface area contributed by atoms with Crippen molar-refractivity contribution in [2.45, 2.75) is 31.3 Å². The van der Waals surface area contributed by atoms with Gasteiger partial charge in [0.15, 0.2) is 0 Å². The van der Waals surface area contributed by atoms with Crippen molar-refractivity contribution >= 4 is 0 Å². The average molecular weight is 222 g/mol. The zero-order chi connectivity index (χ0) is 11.2. The molecular formula is C13H15FO2. The predicted molar refractivity (Wildman–Crippen MR) is 57.7 cm³/mol. The van der Waals surface area contributed by atoms with Gasteiger partial charge in [-0.25, -0.2) is 4.39 Å². The van der Waals surface area contributed by atoms with Gasteiger partial charge in [0.05, 0.1) is 12.2 Å². The van der Waals surface area contributed by atoms with Crippen LogP contribution in [0.15, 0.2) is 18.2 Å². The highest BCUT2D eigenvalue weighted by Crippen LogP contribution is 2.49. The van der Waals surface area contributed by atoms with Crippen LogP contribution in [-0.2, 0) is 5.60 Å². The molecule has 2 fully saturated rings. The van der Waals surface area contributed by atoms with E-state index < -0.39 is 5.60 Å². The highest BCUT2D eigenvalue weighted by atomic mass is 19.1. The fraction of sp³-hybridized carbons (Fsp3) is 0.538. The molecule has 3 rings (SSSR count). The third kappa shape index (κ3) is 1.92. The van der Waals surface area contributed by atoms with Gasteiger partial charge in [0, 0.05) is 5.56 Å². The van der Waals surface area contributed by atoms with E-state index in [4.69, 9.17) is 4.74 Å². The van der Waals surface area contributed by atoms with Crippen molar-refractivity contribution in [2.24, 2.45) is 5.92 Å². The fourth-order valence-corrected chi connectivity index (χ4v) is 1.87. The van der Waals surface area contributed by atoms with Gasteiger partial charge in [-0.1, -0.05) is 0 Å². The Balaban J connectivity index is 1.83. The maximum absolute atomic E-state index is 13.1. The molecule has 1 N–H and O–H groups in total. The molecule has 0 heterocycles. The Bertz CT molecular complexity index is 408. The van der Waals surface area contributed by atoms with Gasteiger partial charge in [0.25, 0.3) is 0 Å². The first-order valence-corrected chi connectivity index (χ1v) is 5.83. The summed E-state index contributed by atoms with van der Waals surface area (Å²) in [5.74, 6) is 0.995. The smallest absolute Gasteiger partial charge is 0.125 e. The van der Waals surface area contributed by atoms with Crippen molar-refractivity contribution in [3.8, 4) is 5.75 Å². The van der Waals surface area contributed by atoms with E-state index in [-0.39, 0.29) is 5.82 Å². The van der Waals surface area contributed by atoms with Crippen molar-refractivity contribution in [1.29, 1.82) is 0 Å². The molecule has 2 nitrogen and oxygen atoms in total. The summed E-state index contributed by atoms with van der Waals surface area (Å²) in [5.41, 5.74) is -0.214. The Labute approximate surface area is 94.0 Å². The second kappa shape index (κ2) is 3.45. The number of rotatable bonds is 4. The maximum Gasteiger partial charge on any atom is 0.125 e. The van der Waals surface area contributed by atoms with Crippen LogP contribution in [0.4, 0.5) is 4.39 Å². The van der Waals surface area contributed by atoms with Crippen molar-refractivity contribution < 1.29 is 14.2 Å². The second-order valence-electron chi connectivity index (χ2n) is 4.93. The summed E-state index contributed by atoms with van der Waals surface area (Å²) in [6, 6.07) is 4.41. The minimum Gasteiger partial charge on any atom is -0.493 e. The molecule has 0 atom stereocenters. The van der Waals surface area contributed by atoms with E-state index >= 15 is 0 Å². The molecule has 0 saturated heterocycles. The monoisotopic (exact) mass is 222 g/mol. The molecule has 2 aliphatic carbocycles. The minimum absolute atomic E-state index is 0.311. The van der Waals surface area contributed by atoms with Gasteiger partial charge < -0.3 is 9.84 Å². The van der Waals surface area contributed by atoms with Crippen molar-refractivity contribution in [2.75, 3.05) is 6.61 Å². The molecular weight excluding hydrogens is 207 g/mol.